The summed E-state index contributed by atoms with van der Waals surface area (Å²) in [5, 5.41) is 21.5. The van der Waals surface area contributed by atoms with Crippen LogP contribution in [-0.2, 0) is 12.8 Å². The number of benzene rings is 2. The molecule has 0 atom stereocenters. The fourth-order valence-electron chi connectivity index (χ4n) is 3.67. The number of hydrogen-bond donors (Lipinski definition) is 2. The molecule has 0 fully saturated rings. The second-order valence-electron chi connectivity index (χ2n) is 8.51. The number of carbonyl (C=O) groups excluding carboxylic acids is 2. The predicted octanol–water partition coefficient (Wildman–Crippen LogP) is 5.05. The first-order valence-corrected chi connectivity index (χ1v) is 10.0. The molecule has 0 amide bonds. The Morgan fingerprint density at radius 3 is 1.43 bits per heavy atom. The zero-order valence-electron chi connectivity index (χ0n) is 17.0. The van der Waals surface area contributed by atoms with Crippen molar-refractivity contribution in [2.24, 2.45) is 11.8 Å². The van der Waals surface area contributed by atoms with Crippen molar-refractivity contribution in [1.29, 1.82) is 0 Å². The van der Waals surface area contributed by atoms with E-state index < -0.39 is 5.78 Å². The molecule has 2 N–H and O–H groups in total. The number of fused-ring (bicyclic) bond motifs is 2. The fourth-order valence-corrected chi connectivity index (χ4v) is 3.67. The van der Waals surface area contributed by atoms with Gasteiger partial charge in [0.25, 0.3) is 0 Å². The summed E-state index contributed by atoms with van der Waals surface area (Å²) in [6.45, 7) is 8.38. The van der Waals surface area contributed by atoms with Crippen LogP contribution in [0.15, 0.2) is 24.3 Å². The van der Waals surface area contributed by atoms with Crippen molar-refractivity contribution in [2.75, 3.05) is 0 Å². The summed E-state index contributed by atoms with van der Waals surface area (Å²) in [6, 6.07) is 6.70. The second kappa shape index (κ2) is 7.78. The molecule has 4 heteroatoms. The molecule has 0 bridgehead atoms. The highest BCUT2D eigenvalue weighted by Gasteiger charge is 2.35. The molecule has 0 radical (unpaired) electrons. The fraction of sp³-hybridized carbons (Fsp3) is 0.417. The molecule has 1 aliphatic carbocycles. The smallest absolute Gasteiger partial charge is 0.201 e. The molecule has 28 heavy (non-hydrogen) atoms. The van der Waals surface area contributed by atoms with Crippen LogP contribution in [0.4, 0.5) is 0 Å². The van der Waals surface area contributed by atoms with Crippen molar-refractivity contribution >= 4 is 11.6 Å². The molecule has 2 aromatic rings. The molecule has 0 saturated carbocycles. The van der Waals surface area contributed by atoms with E-state index in [9.17, 15) is 19.8 Å². The van der Waals surface area contributed by atoms with Crippen LogP contribution in [0, 0.1) is 11.8 Å². The van der Waals surface area contributed by atoms with Crippen LogP contribution in [0.25, 0.3) is 0 Å². The van der Waals surface area contributed by atoms with Crippen LogP contribution in [0.1, 0.15) is 83.5 Å². The quantitative estimate of drug-likeness (QED) is 0.627. The molecule has 0 spiro atoms. The summed E-state index contributed by atoms with van der Waals surface area (Å²) < 4.78 is 0. The normalized spacial score (nSPS) is 13.2. The van der Waals surface area contributed by atoms with E-state index in [0.29, 0.717) is 35.8 Å². The van der Waals surface area contributed by atoms with E-state index in [4.69, 9.17) is 0 Å². The number of rotatable bonds is 6. The van der Waals surface area contributed by atoms with Gasteiger partial charge in [-0.2, -0.15) is 0 Å². The lowest BCUT2D eigenvalue weighted by Crippen LogP contribution is -2.22. The molecule has 0 aromatic heterocycles. The lowest BCUT2D eigenvalue weighted by Gasteiger charge is -2.22. The number of aryl methyl sites for hydroxylation is 2. The Morgan fingerprint density at radius 1 is 0.679 bits per heavy atom. The molecular formula is C24H28O4. The number of phenolic OH excluding ortho intramolecular Hbond substituents is 2. The zero-order valence-corrected chi connectivity index (χ0v) is 17.0. The summed E-state index contributed by atoms with van der Waals surface area (Å²) in [6.07, 6.45) is 3.00. The van der Waals surface area contributed by atoms with Gasteiger partial charge in [0.1, 0.15) is 11.5 Å². The first-order chi connectivity index (χ1) is 13.2. The van der Waals surface area contributed by atoms with Gasteiger partial charge in [-0.1, -0.05) is 39.8 Å². The number of aromatic hydroxyl groups is 2. The summed E-state index contributed by atoms with van der Waals surface area (Å²) in [5.74, 6) is -0.149. The summed E-state index contributed by atoms with van der Waals surface area (Å²) in [5.41, 5.74) is 1.78. The minimum atomic E-state index is -0.475. The largest absolute Gasteiger partial charge is 0.507 e. The lowest BCUT2D eigenvalue weighted by atomic mass is 9.80. The van der Waals surface area contributed by atoms with Gasteiger partial charge in [-0.05, 0) is 60.8 Å². The van der Waals surface area contributed by atoms with Gasteiger partial charge in [-0.15, -0.1) is 0 Å². The van der Waals surface area contributed by atoms with Crippen LogP contribution < -0.4 is 0 Å². The van der Waals surface area contributed by atoms with E-state index in [2.05, 4.69) is 27.7 Å². The second-order valence-corrected chi connectivity index (χ2v) is 8.51. The average molecular weight is 380 g/mol. The van der Waals surface area contributed by atoms with Crippen LogP contribution in [0.3, 0.4) is 0 Å². The van der Waals surface area contributed by atoms with Crippen molar-refractivity contribution in [2.45, 2.75) is 53.4 Å². The highest BCUT2D eigenvalue weighted by Crippen LogP contribution is 2.40. The minimum absolute atomic E-state index is 0.0232. The maximum absolute atomic E-state index is 13.2. The van der Waals surface area contributed by atoms with E-state index in [-0.39, 0.29) is 39.5 Å². The van der Waals surface area contributed by atoms with E-state index in [1.54, 1.807) is 24.3 Å². The molecular weight excluding hydrogens is 352 g/mol. The number of phenols is 2. The van der Waals surface area contributed by atoms with E-state index in [1.807, 2.05) is 0 Å². The van der Waals surface area contributed by atoms with Gasteiger partial charge in [0.05, 0.1) is 11.1 Å². The van der Waals surface area contributed by atoms with Crippen molar-refractivity contribution in [1.82, 2.24) is 0 Å². The summed E-state index contributed by atoms with van der Waals surface area (Å²) >= 11 is 0. The van der Waals surface area contributed by atoms with Crippen molar-refractivity contribution in [3.63, 3.8) is 0 Å². The third-order valence-corrected chi connectivity index (χ3v) is 5.45. The van der Waals surface area contributed by atoms with Crippen LogP contribution in [0.5, 0.6) is 11.5 Å². The van der Waals surface area contributed by atoms with Gasteiger partial charge in [-0.3, -0.25) is 9.59 Å². The van der Waals surface area contributed by atoms with Gasteiger partial charge in [0.15, 0.2) is 5.78 Å². The van der Waals surface area contributed by atoms with E-state index in [0.717, 1.165) is 12.8 Å². The van der Waals surface area contributed by atoms with Crippen molar-refractivity contribution in [3.05, 3.63) is 57.6 Å². The standard InChI is InChI=1S/C24H28O4/c1-13(2)5-7-15-9-11-17-19(21(15)25)24(28)20-18(23(17)27)12-10-16(22(20)26)8-6-14(3)4/h9-14,25-26H,5-8H2,1-4H3. The van der Waals surface area contributed by atoms with Crippen molar-refractivity contribution < 1.29 is 19.8 Å². The SMILES string of the molecule is CC(C)CCc1ccc2c(c1O)C(=O)c1c(ccc(CCC(C)C)c1O)C2=O. The Balaban J connectivity index is 2.07. The number of hydrogen-bond acceptors (Lipinski definition) is 4. The third kappa shape index (κ3) is 3.56. The topological polar surface area (TPSA) is 74.6 Å². The highest BCUT2D eigenvalue weighted by molar-refractivity contribution is 6.30. The molecule has 0 saturated heterocycles. The zero-order chi connectivity index (χ0) is 20.6. The number of carbonyl (C=O) groups is 2. The minimum Gasteiger partial charge on any atom is -0.507 e. The van der Waals surface area contributed by atoms with Gasteiger partial charge in [0, 0.05) is 11.1 Å². The monoisotopic (exact) mass is 380 g/mol. The third-order valence-electron chi connectivity index (χ3n) is 5.45. The molecule has 1 aliphatic rings. The molecule has 0 heterocycles. The van der Waals surface area contributed by atoms with Crippen molar-refractivity contribution in [3.8, 4) is 11.5 Å². The molecule has 3 rings (SSSR count). The Hall–Kier alpha value is -2.62. The first-order valence-electron chi connectivity index (χ1n) is 10.0. The van der Waals surface area contributed by atoms with E-state index >= 15 is 0 Å². The summed E-state index contributed by atoms with van der Waals surface area (Å²) in [7, 11) is 0. The Morgan fingerprint density at radius 2 is 1.07 bits per heavy atom. The maximum Gasteiger partial charge on any atom is 0.201 e. The maximum atomic E-state index is 13.2. The van der Waals surface area contributed by atoms with Crippen LogP contribution in [-0.4, -0.2) is 21.8 Å². The van der Waals surface area contributed by atoms with Gasteiger partial charge < -0.3 is 10.2 Å². The first kappa shape index (κ1) is 20.1. The molecule has 148 valence electrons. The summed E-state index contributed by atoms with van der Waals surface area (Å²) in [4.78, 5) is 26.1. The lowest BCUT2D eigenvalue weighted by molar-refractivity contribution is 0.0974. The molecule has 2 aromatic carbocycles. The average Bonchev–Trinajstić information content (AvgIpc) is 2.63. The van der Waals surface area contributed by atoms with Crippen LogP contribution in [0.2, 0.25) is 0 Å². The highest BCUT2D eigenvalue weighted by atomic mass is 16.3. The van der Waals surface area contributed by atoms with Gasteiger partial charge in [-0.25, -0.2) is 0 Å². The van der Waals surface area contributed by atoms with E-state index in [1.165, 1.54) is 0 Å². The molecule has 0 aliphatic heterocycles. The number of ketones is 2. The Bertz CT molecular complexity index is 865. The van der Waals surface area contributed by atoms with Gasteiger partial charge in [0.2, 0.25) is 5.78 Å². The predicted molar refractivity (Wildman–Crippen MR) is 109 cm³/mol. The Labute approximate surface area is 166 Å². The molecule has 4 nitrogen and oxygen atoms in total. The molecule has 0 unspecified atom stereocenters. The van der Waals surface area contributed by atoms with Gasteiger partial charge >= 0.3 is 0 Å². The van der Waals surface area contributed by atoms with Crippen LogP contribution >= 0.6 is 0 Å². The Kier molecular flexibility index (Phi) is 5.59.